The lowest BCUT2D eigenvalue weighted by Gasteiger charge is -2.33. The summed E-state index contributed by atoms with van der Waals surface area (Å²) in [6.07, 6.45) is 4.68. The number of H-pyrrole nitrogens is 1. The van der Waals surface area contributed by atoms with Gasteiger partial charge < -0.3 is 15.0 Å². The molecule has 0 unspecified atom stereocenters. The van der Waals surface area contributed by atoms with Crippen molar-refractivity contribution in [3.63, 3.8) is 0 Å². The van der Waals surface area contributed by atoms with E-state index in [1.807, 2.05) is 24.3 Å². The molecule has 126 valence electrons. The summed E-state index contributed by atoms with van der Waals surface area (Å²) in [6.45, 7) is 4.70. The molecule has 0 aliphatic carbocycles. The van der Waals surface area contributed by atoms with E-state index < -0.39 is 0 Å². The van der Waals surface area contributed by atoms with Gasteiger partial charge in [-0.2, -0.15) is 0 Å². The van der Waals surface area contributed by atoms with Gasteiger partial charge in [-0.05, 0) is 19.4 Å². The van der Waals surface area contributed by atoms with Crippen LogP contribution in [0.3, 0.4) is 0 Å². The molecule has 6 heteroatoms. The molecule has 24 heavy (non-hydrogen) atoms. The number of benzene rings is 1. The lowest BCUT2D eigenvalue weighted by molar-refractivity contribution is -0.0390. The third-order valence-electron chi connectivity index (χ3n) is 4.85. The number of hydrogen-bond donors (Lipinski definition) is 2. The van der Waals surface area contributed by atoms with Gasteiger partial charge in [-0.25, -0.2) is 4.98 Å². The van der Waals surface area contributed by atoms with Crippen LogP contribution in [0.15, 0.2) is 36.7 Å². The first-order valence-electron chi connectivity index (χ1n) is 8.46. The van der Waals surface area contributed by atoms with Gasteiger partial charge in [-0.15, -0.1) is 0 Å². The third-order valence-corrected chi connectivity index (χ3v) is 4.85. The number of imidazole rings is 1. The number of aromatic amines is 1. The van der Waals surface area contributed by atoms with Crippen molar-refractivity contribution in [2.24, 2.45) is 0 Å². The Bertz CT molecular complexity index is 716. The fourth-order valence-electron chi connectivity index (χ4n) is 3.71. The Morgan fingerprint density at radius 3 is 3.08 bits per heavy atom. The molecule has 2 fully saturated rings. The number of nitrogens with one attached hydrogen (secondary N) is 2. The average Bonchev–Trinajstić information content (AvgIpc) is 3.23. The van der Waals surface area contributed by atoms with Gasteiger partial charge in [-0.3, -0.25) is 9.69 Å². The fraction of sp³-hybridized carbons (Fsp3) is 0.444. The van der Waals surface area contributed by atoms with Gasteiger partial charge in [0.2, 0.25) is 0 Å². The van der Waals surface area contributed by atoms with Gasteiger partial charge >= 0.3 is 0 Å². The Kier molecular flexibility index (Phi) is 4.08. The molecule has 2 aromatic rings. The lowest BCUT2D eigenvalue weighted by atomic mass is 10.1. The molecule has 6 nitrogen and oxygen atoms in total. The summed E-state index contributed by atoms with van der Waals surface area (Å²) in [5.41, 5.74) is 1.48. The van der Waals surface area contributed by atoms with Crippen molar-refractivity contribution in [1.29, 1.82) is 0 Å². The van der Waals surface area contributed by atoms with Crippen molar-refractivity contribution in [3.05, 3.63) is 42.2 Å². The highest BCUT2D eigenvalue weighted by Crippen LogP contribution is 2.24. The zero-order valence-corrected chi connectivity index (χ0v) is 13.7. The molecule has 3 heterocycles. The van der Waals surface area contributed by atoms with E-state index in [4.69, 9.17) is 4.74 Å². The summed E-state index contributed by atoms with van der Waals surface area (Å²) < 4.78 is 5.73. The predicted molar refractivity (Wildman–Crippen MR) is 90.7 cm³/mol. The summed E-state index contributed by atoms with van der Waals surface area (Å²) in [6, 6.07) is 8.16. The third kappa shape index (κ3) is 2.95. The lowest BCUT2D eigenvalue weighted by Crippen LogP contribution is -2.45. The molecule has 2 N–H and O–H groups in total. The van der Waals surface area contributed by atoms with Crippen LogP contribution >= 0.6 is 0 Å². The second kappa shape index (κ2) is 6.37. The second-order valence-electron chi connectivity index (χ2n) is 6.64. The van der Waals surface area contributed by atoms with E-state index in [-0.39, 0.29) is 18.1 Å². The summed E-state index contributed by atoms with van der Waals surface area (Å²) in [5, 5.41) is 3.19. The Morgan fingerprint density at radius 2 is 2.25 bits per heavy atom. The predicted octanol–water partition coefficient (Wildman–Crippen LogP) is 1.67. The highest BCUT2D eigenvalue weighted by atomic mass is 16.5. The molecule has 2 saturated heterocycles. The molecule has 1 amide bonds. The molecule has 0 saturated carbocycles. The van der Waals surface area contributed by atoms with Crippen LogP contribution in [0.1, 0.15) is 23.7 Å². The number of rotatable bonds is 3. The largest absolute Gasteiger partial charge is 0.376 e. The number of carbonyl (C=O) groups is 1. The molecule has 0 bridgehead atoms. The molecule has 2 aliphatic heterocycles. The molecule has 2 aliphatic rings. The van der Waals surface area contributed by atoms with E-state index in [1.54, 1.807) is 12.4 Å². The van der Waals surface area contributed by atoms with Crippen LogP contribution < -0.4 is 5.32 Å². The first kappa shape index (κ1) is 15.4. The van der Waals surface area contributed by atoms with Crippen LogP contribution in [0.2, 0.25) is 0 Å². The molecular formula is C18H22N4O2. The maximum absolute atomic E-state index is 12.8. The topological polar surface area (TPSA) is 70.2 Å². The fourth-order valence-corrected chi connectivity index (χ4v) is 3.71. The molecule has 3 atom stereocenters. The van der Waals surface area contributed by atoms with E-state index in [1.165, 1.54) is 0 Å². The van der Waals surface area contributed by atoms with Gasteiger partial charge in [0.25, 0.3) is 5.91 Å². The smallest absolute Gasteiger partial charge is 0.252 e. The maximum Gasteiger partial charge on any atom is 0.252 e. The highest BCUT2D eigenvalue weighted by molar-refractivity contribution is 6.00. The maximum atomic E-state index is 12.8. The summed E-state index contributed by atoms with van der Waals surface area (Å²) in [4.78, 5) is 22.6. The van der Waals surface area contributed by atoms with Crippen molar-refractivity contribution in [3.8, 4) is 11.4 Å². The van der Waals surface area contributed by atoms with E-state index >= 15 is 0 Å². The molecule has 0 spiro atoms. The molecule has 1 aromatic heterocycles. The van der Waals surface area contributed by atoms with Crippen LogP contribution in [-0.2, 0) is 4.74 Å². The molecular weight excluding hydrogens is 304 g/mol. The SMILES string of the molecule is C[C@H]1CN2C[C@@H](NC(=O)c3ccccc3-c3ncc[nH]3)C[C@H]2CO1. The molecule has 0 radical (unpaired) electrons. The quantitative estimate of drug-likeness (QED) is 0.900. The van der Waals surface area contributed by atoms with Gasteiger partial charge in [0.05, 0.1) is 18.3 Å². The minimum absolute atomic E-state index is 0.0409. The molecule has 4 rings (SSSR count). The zero-order chi connectivity index (χ0) is 16.5. The second-order valence-corrected chi connectivity index (χ2v) is 6.64. The number of ether oxygens (including phenoxy) is 1. The average molecular weight is 326 g/mol. The first-order valence-corrected chi connectivity index (χ1v) is 8.46. The normalized spacial score (nSPS) is 27.0. The van der Waals surface area contributed by atoms with Crippen molar-refractivity contribution < 1.29 is 9.53 Å². The number of aromatic nitrogens is 2. The van der Waals surface area contributed by atoms with E-state index in [0.29, 0.717) is 17.4 Å². The summed E-state index contributed by atoms with van der Waals surface area (Å²) in [7, 11) is 0. The highest BCUT2D eigenvalue weighted by Gasteiger charge is 2.37. The minimum atomic E-state index is -0.0409. The minimum Gasteiger partial charge on any atom is -0.376 e. The van der Waals surface area contributed by atoms with Gasteiger partial charge in [0, 0.05) is 43.1 Å². The Hall–Kier alpha value is -2.18. The van der Waals surface area contributed by atoms with Crippen LogP contribution in [0.25, 0.3) is 11.4 Å². The van der Waals surface area contributed by atoms with Crippen molar-refractivity contribution in [1.82, 2.24) is 20.2 Å². The van der Waals surface area contributed by atoms with Gasteiger partial charge in [-0.1, -0.05) is 18.2 Å². The Morgan fingerprint density at radius 1 is 1.38 bits per heavy atom. The zero-order valence-electron chi connectivity index (χ0n) is 13.7. The number of hydrogen-bond acceptors (Lipinski definition) is 4. The summed E-state index contributed by atoms with van der Waals surface area (Å²) >= 11 is 0. The number of nitrogens with zero attached hydrogens (tertiary/aromatic N) is 2. The first-order chi connectivity index (χ1) is 11.7. The van der Waals surface area contributed by atoms with Gasteiger partial charge in [0.1, 0.15) is 5.82 Å². The van der Waals surface area contributed by atoms with Crippen LogP contribution in [0.5, 0.6) is 0 Å². The van der Waals surface area contributed by atoms with Crippen molar-refractivity contribution in [2.45, 2.75) is 31.5 Å². The van der Waals surface area contributed by atoms with Crippen LogP contribution in [0.4, 0.5) is 0 Å². The number of amides is 1. The monoisotopic (exact) mass is 326 g/mol. The Labute approximate surface area is 141 Å². The van der Waals surface area contributed by atoms with Gasteiger partial charge in [0.15, 0.2) is 0 Å². The van der Waals surface area contributed by atoms with E-state index in [2.05, 4.69) is 27.1 Å². The number of morpholine rings is 1. The Balaban J connectivity index is 1.48. The van der Waals surface area contributed by atoms with E-state index in [9.17, 15) is 4.79 Å². The summed E-state index contributed by atoms with van der Waals surface area (Å²) in [5.74, 6) is 0.674. The van der Waals surface area contributed by atoms with Crippen molar-refractivity contribution >= 4 is 5.91 Å². The van der Waals surface area contributed by atoms with Crippen LogP contribution in [-0.4, -0.2) is 58.7 Å². The van der Waals surface area contributed by atoms with Crippen LogP contribution in [0, 0.1) is 0 Å². The molecule has 1 aromatic carbocycles. The van der Waals surface area contributed by atoms with E-state index in [0.717, 1.165) is 31.7 Å². The van der Waals surface area contributed by atoms with Crippen molar-refractivity contribution in [2.75, 3.05) is 19.7 Å². The number of carbonyl (C=O) groups excluding carboxylic acids is 1. The standard InChI is InChI=1S/C18H22N4O2/c1-12-9-22-10-13(8-14(22)11-24-12)21-18(23)16-5-3-2-4-15(16)17-19-6-7-20-17/h2-7,12-14H,8-11H2,1H3,(H,19,20)(H,21,23)/t12-,13-,14-/m0/s1. The number of fused-ring (bicyclic) bond motifs is 1.